The predicted octanol–water partition coefficient (Wildman–Crippen LogP) is 3.36. The fourth-order valence-corrected chi connectivity index (χ4v) is 1.86. The van der Waals surface area contributed by atoms with Crippen LogP contribution < -0.4 is 0 Å². The maximum atomic E-state index is 5.86. The third kappa shape index (κ3) is 1.89. The molecule has 0 amide bonds. The highest BCUT2D eigenvalue weighted by Crippen LogP contribution is 2.21. The minimum absolute atomic E-state index is 0.728. The van der Waals surface area contributed by atoms with Gasteiger partial charge in [0.15, 0.2) is 5.65 Å². The molecule has 0 aliphatic heterocycles. The van der Waals surface area contributed by atoms with Crippen LogP contribution in [0.15, 0.2) is 42.6 Å². The highest BCUT2D eigenvalue weighted by molar-refractivity contribution is 6.30. The van der Waals surface area contributed by atoms with Crippen molar-refractivity contribution in [3.05, 3.63) is 53.3 Å². The number of halogens is 1. The van der Waals surface area contributed by atoms with Crippen LogP contribution in [-0.2, 0) is 0 Å². The molecule has 0 bridgehead atoms. The topological polar surface area (TPSA) is 30.2 Å². The quantitative estimate of drug-likeness (QED) is 0.656. The first kappa shape index (κ1) is 10.3. The van der Waals surface area contributed by atoms with Gasteiger partial charge in [-0.05, 0) is 25.1 Å². The molecule has 4 heteroatoms. The predicted molar refractivity (Wildman–Crippen MR) is 68.2 cm³/mol. The summed E-state index contributed by atoms with van der Waals surface area (Å²) < 4.78 is 1.77. The van der Waals surface area contributed by atoms with Crippen LogP contribution in [0.1, 0.15) is 5.69 Å². The number of hydrogen-bond donors (Lipinski definition) is 0. The zero-order valence-electron chi connectivity index (χ0n) is 9.26. The second-order valence-electron chi connectivity index (χ2n) is 3.91. The molecule has 3 nitrogen and oxygen atoms in total. The van der Waals surface area contributed by atoms with Gasteiger partial charge in [0.05, 0.1) is 5.69 Å². The van der Waals surface area contributed by atoms with E-state index in [1.54, 1.807) is 4.52 Å². The molecule has 0 spiro atoms. The summed E-state index contributed by atoms with van der Waals surface area (Å²) in [4.78, 5) is 4.41. The number of hydrogen-bond acceptors (Lipinski definition) is 2. The summed E-state index contributed by atoms with van der Waals surface area (Å²) in [5.74, 6) is 0. The normalized spacial score (nSPS) is 10.9. The number of aromatic nitrogens is 3. The molecule has 2 aromatic heterocycles. The summed E-state index contributed by atoms with van der Waals surface area (Å²) in [6, 6.07) is 11.5. The Kier molecular flexibility index (Phi) is 2.34. The smallest absolute Gasteiger partial charge is 0.155 e. The molecular weight excluding hydrogens is 234 g/mol. The Balaban J connectivity index is 2.14. The van der Waals surface area contributed by atoms with E-state index in [9.17, 15) is 0 Å². The Morgan fingerprint density at radius 3 is 2.65 bits per heavy atom. The molecule has 3 rings (SSSR count). The number of rotatable bonds is 1. The lowest BCUT2D eigenvalue weighted by Crippen LogP contribution is -1.90. The summed E-state index contributed by atoms with van der Waals surface area (Å²) in [7, 11) is 0. The van der Waals surface area contributed by atoms with Crippen LogP contribution in [0.3, 0.4) is 0 Å². The van der Waals surface area contributed by atoms with Gasteiger partial charge in [-0.15, -0.1) is 0 Å². The molecule has 0 N–H and O–H groups in total. The van der Waals surface area contributed by atoms with Gasteiger partial charge in [-0.3, -0.25) is 0 Å². The number of nitrogens with zero attached hydrogens (tertiary/aromatic N) is 3. The van der Waals surface area contributed by atoms with Crippen molar-refractivity contribution in [1.29, 1.82) is 0 Å². The fourth-order valence-electron chi connectivity index (χ4n) is 1.74. The maximum Gasteiger partial charge on any atom is 0.155 e. The Morgan fingerprint density at radius 1 is 1.12 bits per heavy atom. The Bertz CT molecular complexity index is 671. The molecule has 0 unspecified atom stereocenters. The molecule has 17 heavy (non-hydrogen) atoms. The first-order chi connectivity index (χ1) is 8.22. The second-order valence-corrected chi connectivity index (χ2v) is 4.34. The highest BCUT2D eigenvalue weighted by atomic mass is 35.5. The van der Waals surface area contributed by atoms with E-state index in [1.165, 1.54) is 0 Å². The largest absolute Gasteiger partial charge is 0.234 e. The Morgan fingerprint density at radius 2 is 1.88 bits per heavy atom. The number of benzene rings is 1. The van der Waals surface area contributed by atoms with Gasteiger partial charge in [0.1, 0.15) is 0 Å². The molecule has 1 aromatic carbocycles. The Labute approximate surface area is 104 Å². The third-order valence-electron chi connectivity index (χ3n) is 2.60. The second kappa shape index (κ2) is 3.86. The molecule has 3 aromatic rings. The lowest BCUT2D eigenvalue weighted by atomic mass is 10.2. The minimum Gasteiger partial charge on any atom is -0.234 e. The van der Waals surface area contributed by atoms with Crippen molar-refractivity contribution in [2.75, 3.05) is 0 Å². The zero-order valence-corrected chi connectivity index (χ0v) is 10.0. The van der Waals surface area contributed by atoms with Gasteiger partial charge >= 0.3 is 0 Å². The Hall–Kier alpha value is -1.87. The van der Waals surface area contributed by atoms with Crippen molar-refractivity contribution in [2.24, 2.45) is 0 Å². The van der Waals surface area contributed by atoms with Crippen LogP contribution in [0.5, 0.6) is 0 Å². The van der Waals surface area contributed by atoms with E-state index in [0.717, 1.165) is 27.6 Å². The summed E-state index contributed by atoms with van der Waals surface area (Å²) in [5.41, 5.74) is 3.78. The van der Waals surface area contributed by atoms with E-state index in [1.807, 2.05) is 49.5 Å². The summed E-state index contributed by atoms with van der Waals surface area (Å²) in [6.07, 6.45) is 1.91. The van der Waals surface area contributed by atoms with Gasteiger partial charge in [-0.2, -0.15) is 5.10 Å². The van der Waals surface area contributed by atoms with Crippen molar-refractivity contribution >= 4 is 17.2 Å². The molecule has 0 saturated heterocycles. The van der Waals surface area contributed by atoms with Gasteiger partial charge in [0, 0.05) is 28.5 Å². The lowest BCUT2D eigenvalue weighted by molar-refractivity contribution is 0.933. The molecule has 0 aliphatic carbocycles. The van der Waals surface area contributed by atoms with Crippen LogP contribution in [0.4, 0.5) is 0 Å². The van der Waals surface area contributed by atoms with Crippen LogP contribution in [-0.4, -0.2) is 14.6 Å². The average molecular weight is 244 g/mol. The molecule has 0 atom stereocenters. The molecule has 0 aliphatic rings. The van der Waals surface area contributed by atoms with Crippen LogP contribution in [0.25, 0.3) is 16.9 Å². The van der Waals surface area contributed by atoms with Crippen LogP contribution >= 0.6 is 11.6 Å². The van der Waals surface area contributed by atoms with Crippen LogP contribution in [0.2, 0.25) is 5.02 Å². The molecule has 84 valence electrons. The van der Waals surface area contributed by atoms with Gasteiger partial charge in [-0.1, -0.05) is 23.7 Å². The van der Waals surface area contributed by atoms with Gasteiger partial charge in [0.2, 0.25) is 0 Å². The van der Waals surface area contributed by atoms with Crippen molar-refractivity contribution < 1.29 is 0 Å². The van der Waals surface area contributed by atoms with Crippen molar-refractivity contribution in [3.63, 3.8) is 0 Å². The summed E-state index contributed by atoms with van der Waals surface area (Å²) in [5, 5.41) is 5.19. The fraction of sp³-hybridized carbons (Fsp3) is 0.0769. The first-order valence-corrected chi connectivity index (χ1v) is 5.69. The first-order valence-electron chi connectivity index (χ1n) is 5.31. The van der Waals surface area contributed by atoms with E-state index >= 15 is 0 Å². The molecule has 0 radical (unpaired) electrons. The number of fused-ring (bicyclic) bond motifs is 1. The van der Waals surface area contributed by atoms with E-state index in [4.69, 9.17) is 11.6 Å². The molecule has 2 heterocycles. The molecular formula is C13H10ClN3. The highest BCUT2D eigenvalue weighted by Gasteiger charge is 2.05. The van der Waals surface area contributed by atoms with Crippen molar-refractivity contribution in [1.82, 2.24) is 14.6 Å². The standard InChI is InChI=1S/C13H10ClN3/c1-9-6-7-17-13(15-9)8-12(16-17)10-2-4-11(14)5-3-10/h2-8H,1H3. The molecule has 0 saturated carbocycles. The van der Waals surface area contributed by atoms with Crippen molar-refractivity contribution in [2.45, 2.75) is 6.92 Å². The SMILES string of the molecule is Cc1ccn2nc(-c3ccc(Cl)cc3)cc2n1. The van der Waals surface area contributed by atoms with Gasteiger partial charge < -0.3 is 0 Å². The van der Waals surface area contributed by atoms with Crippen molar-refractivity contribution in [3.8, 4) is 11.3 Å². The number of aryl methyl sites for hydroxylation is 1. The van der Waals surface area contributed by atoms with E-state index in [0.29, 0.717) is 0 Å². The lowest BCUT2D eigenvalue weighted by Gasteiger charge is -1.95. The zero-order chi connectivity index (χ0) is 11.8. The average Bonchev–Trinajstić information content (AvgIpc) is 2.72. The van der Waals surface area contributed by atoms with E-state index in [-0.39, 0.29) is 0 Å². The monoisotopic (exact) mass is 243 g/mol. The van der Waals surface area contributed by atoms with E-state index in [2.05, 4.69) is 10.1 Å². The van der Waals surface area contributed by atoms with Gasteiger partial charge in [0.25, 0.3) is 0 Å². The summed E-state index contributed by atoms with van der Waals surface area (Å²) in [6.45, 7) is 1.97. The van der Waals surface area contributed by atoms with Crippen LogP contribution in [0, 0.1) is 6.92 Å². The molecule has 0 fully saturated rings. The minimum atomic E-state index is 0.728. The summed E-state index contributed by atoms with van der Waals surface area (Å²) >= 11 is 5.86. The van der Waals surface area contributed by atoms with Gasteiger partial charge in [-0.25, -0.2) is 9.50 Å². The maximum absolute atomic E-state index is 5.86. The van der Waals surface area contributed by atoms with E-state index < -0.39 is 0 Å². The third-order valence-corrected chi connectivity index (χ3v) is 2.86.